The molecule has 4 rings (SSSR count). The van der Waals surface area contributed by atoms with Gasteiger partial charge >= 0.3 is 0 Å². The third-order valence-corrected chi connectivity index (χ3v) is 5.63. The molecule has 156 valence electrons. The average Bonchev–Trinajstić information content (AvgIpc) is 2.87. The molecular weight excluding hydrogens is 390 g/mol. The van der Waals surface area contributed by atoms with Crippen LogP contribution in [-0.4, -0.2) is 5.91 Å². The van der Waals surface area contributed by atoms with Crippen LogP contribution in [0.1, 0.15) is 24.5 Å². The van der Waals surface area contributed by atoms with Crippen LogP contribution in [0.15, 0.2) is 115 Å². The van der Waals surface area contributed by atoms with Gasteiger partial charge in [-0.05, 0) is 47.4 Å². The Labute approximate surface area is 190 Å². The fourth-order valence-electron chi connectivity index (χ4n) is 3.75. The maximum Gasteiger partial charge on any atom is 0.247 e. The van der Waals surface area contributed by atoms with Crippen LogP contribution in [0.3, 0.4) is 0 Å². The molecule has 1 atom stereocenters. The molecular formula is C30H25NO. The van der Waals surface area contributed by atoms with E-state index in [1.807, 2.05) is 110 Å². The number of rotatable bonds is 5. The Morgan fingerprint density at radius 3 is 1.84 bits per heavy atom. The highest BCUT2D eigenvalue weighted by Gasteiger charge is 2.37. The summed E-state index contributed by atoms with van der Waals surface area (Å²) in [4.78, 5) is 13.6. The number of anilines is 1. The SMILES string of the molecule is CC[C@](C#Cc1ccccc1)(C(=O)Nc1ccc(-c2ccccc2)cc1)c1ccccc1. The topological polar surface area (TPSA) is 29.1 Å². The first-order chi connectivity index (χ1) is 15.7. The molecule has 0 spiro atoms. The molecule has 0 saturated heterocycles. The van der Waals surface area contributed by atoms with E-state index in [4.69, 9.17) is 0 Å². The highest BCUT2D eigenvalue weighted by Crippen LogP contribution is 2.30. The molecule has 32 heavy (non-hydrogen) atoms. The number of hydrogen-bond acceptors (Lipinski definition) is 1. The summed E-state index contributed by atoms with van der Waals surface area (Å²) in [6, 6.07) is 37.7. The number of carbonyl (C=O) groups is 1. The van der Waals surface area contributed by atoms with Crippen molar-refractivity contribution in [2.75, 3.05) is 5.32 Å². The summed E-state index contributed by atoms with van der Waals surface area (Å²) < 4.78 is 0. The largest absolute Gasteiger partial charge is 0.324 e. The third-order valence-electron chi connectivity index (χ3n) is 5.63. The van der Waals surface area contributed by atoms with Gasteiger partial charge in [-0.3, -0.25) is 4.79 Å². The number of hydrogen-bond donors (Lipinski definition) is 1. The predicted molar refractivity (Wildman–Crippen MR) is 132 cm³/mol. The van der Waals surface area contributed by atoms with E-state index in [2.05, 4.69) is 29.3 Å². The molecule has 0 unspecified atom stereocenters. The van der Waals surface area contributed by atoms with Gasteiger partial charge in [0.2, 0.25) is 5.91 Å². The second-order valence-corrected chi connectivity index (χ2v) is 7.64. The van der Waals surface area contributed by atoms with Gasteiger partial charge in [0.15, 0.2) is 0 Å². The van der Waals surface area contributed by atoms with Crippen LogP contribution in [0.25, 0.3) is 11.1 Å². The standard InChI is InChI=1S/C30H25NO/c1-2-30(27-16-10-5-11-17-27,23-22-24-12-6-3-7-13-24)29(32)31-28-20-18-26(19-21-28)25-14-8-4-9-15-25/h3-21H,2H2,1H3,(H,31,32)/t30-/m1/s1. The molecule has 0 fully saturated rings. The van der Waals surface area contributed by atoms with Crippen LogP contribution in [0, 0.1) is 11.8 Å². The van der Waals surface area contributed by atoms with Crippen LogP contribution < -0.4 is 5.32 Å². The van der Waals surface area contributed by atoms with Gasteiger partial charge in [-0.25, -0.2) is 0 Å². The second-order valence-electron chi connectivity index (χ2n) is 7.64. The molecule has 1 amide bonds. The molecule has 4 aromatic carbocycles. The van der Waals surface area contributed by atoms with E-state index in [0.29, 0.717) is 6.42 Å². The minimum Gasteiger partial charge on any atom is -0.324 e. The van der Waals surface area contributed by atoms with Gasteiger partial charge in [-0.15, -0.1) is 0 Å². The van der Waals surface area contributed by atoms with Crippen molar-refractivity contribution >= 4 is 11.6 Å². The molecule has 0 saturated carbocycles. The Morgan fingerprint density at radius 2 is 1.25 bits per heavy atom. The third kappa shape index (κ3) is 4.63. The molecule has 0 bridgehead atoms. The fraction of sp³-hybridized carbons (Fsp3) is 0.100. The number of nitrogens with one attached hydrogen (secondary N) is 1. The number of amides is 1. The van der Waals surface area contributed by atoms with E-state index in [1.165, 1.54) is 0 Å². The zero-order valence-corrected chi connectivity index (χ0v) is 18.1. The average molecular weight is 416 g/mol. The van der Waals surface area contributed by atoms with Crippen molar-refractivity contribution < 1.29 is 4.79 Å². The maximum atomic E-state index is 13.6. The van der Waals surface area contributed by atoms with Crippen LogP contribution in [0.2, 0.25) is 0 Å². The minimum absolute atomic E-state index is 0.123. The molecule has 0 aliphatic heterocycles. The summed E-state index contributed by atoms with van der Waals surface area (Å²) in [7, 11) is 0. The molecule has 4 aromatic rings. The first-order valence-corrected chi connectivity index (χ1v) is 10.8. The van der Waals surface area contributed by atoms with E-state index < -0.39 is 5.41 Å². The quantitative estimate of drug-likeness (QED) is 0.361. The zero-order valence-electron chi connectivity index (χ0n) is 18.1. The van der Waals surface area contributed by atoms with Gasteiger partial charge in [0.1, 0.15) is 5.41 Å². The monoisotopic (exact) mass is 415 g/mol. The van der Waals surface area contributed by atoms with Crippen LogP contribution in [0.5, 0.6) is 0 Å². The maximum absolute atomic E-state index is 13.6. The summed E-state index contributed by atoms with van der Waals surface area (Å²) in [5.41, 5.74) is 3.84. The van der Waals surface area contributed by atoms with Crippen molar-refractivity contribution in [3.63, 3.8) is 0 Å². The summed E-state index contributed by atoms with van der Waals surface area (Å²) >= 11 is 0. The zero-order chi connectivity index (χ0) is 22.2. The Balaban J connectivity index is 1.65. The Morgan fingerprint density at radius 1 is 0.719 bits per heavy atom. The van der Waals surface area contributed by atoms with Gasteiger partial charge in [0.05, 0.1) is 0 Å². The van der Waals surface area contributed by atoms with E-state index in [9.17, 15) is 4.79 Å². The van der Waals surface area contributed by atoms with Crippen molar-refractivity contribution in [2.45, 2.75) is 18.8 Å². The number of benzene rings is 4. The first-order valence-electron chi connectivity index (χ1n) is 10.8. The Bertz CT molecular complexity index is 1220. The molecule has 2 nitrogen and oxygen atoms in total. The molecule has 0 aliphatic rings. The molecule has 2 heteroatoms. The predicted octanol–water partition coefficient (Wildman–Crippen LogP) is 6.69. The Kier molecular flexibility index (Phi) is 6.49. The van der Waals surface area contributed by atoms with Crippen LogP contribution in [0.4, 0.5) is 5.69 Å². The van der Waals surface area contributed by atoms with Gasteiger partial charge < -0.3 is 5.32 Å². The van der Waals surface area contributed by atoms with Gasteiger partial charge in [-0.1, -0.05) is 110 Å². The van der Waals surface area contributed by atoms with E-state index >= 15 is 0 Å². The van der Waals surface area contributed by atoms with Gasteiger partial charge in [0, 0.05) is 11.3 Å². The van der Waals surface area contributed by atoms with Crippen molar-refractivity contribution in [2.24, 2.45) is 0 Å². The van der Waals surface area contributed by atoms with Crippen LogP contribution in [-0.2, 0) is 10.2 Å². The van der Waals surface area contributed by atoms with Crippen LogP contribution >= 0.6 is 0 Å². The van der Waals surface area contributed by atoms with E-state index in [0.717, 1.165) is 27.9 Å². The first kappa shape index (κ1) is 21.2. The van der Waals surface area contributed by atoms with Crippen molar-refractivity contribution in [1.82, 2.24) is 0 Å². The van der Waals surface area contributed by atoms with E-state index in [1.54, 1.807) is 0 Å². The molecule has 0 aromatic heterocycles. The lowest BCUT2D eigenvalue weighted by atomic mass is 9.77. The number of carbonyl (C=O) groups excluding carboxylic acids is 1. The normalized spacial score (nSPS) is 12.2. The summed E-state index contributed by atoms with van der Waals surface area (Å²) in [6.07, 6.45) is 0.560. The minimum atomic E-state index is -0.949. The summed E-state index contributed by atoms with van der Waals surface area (Å²) in [5.74, 6) is 6.41. The lowest BCUT2D eigenvalue weighted by Gasteiger charge is -2.27. The van der Waals surface area contributed by atoms with Gasteiger partial charge in [-0.2, -0.15) is 0 Å². The highest BCUT2D eigenvalue weighted by molar-refractivity contribution is 6.02. The van der Waals surface area contributed by atoms with Gasteiger partial charge in [0.25, 0.3) is 0 Å². The Hall–Kier alpha value is -4.09. The molecule has 0 heterocycles. The summed E-state index contributed by atoms with van der Waals surface area (Å²) in [6.45, 7) is 2.00. The molecule has 0 radical (unpaired) electrons. The summed E-state index contributed by atoms with van der Waals surface area (Å²) in [5, 5.41) is 3.11. The molecule has 1 N–H and O–H groups in total. The lowest BCUT2D eigenvalue weighted by Crippen LogP contribution is -2.38. The van der Waals surface area contributed by atoms with Crippen molar-refractivity contribution in [3.8, 4) is 23.0 Å². The lowest BCUT2D eigenvalue weighted by molar-refractivity contribution is -0.119. The van der Waals surface area contributed by atoms with Crippen molar-refractivity contribution in [1.29, 1.82) is 0 Å². The smallest absolute Gasteiger partial charge is 0.247 e. The molecule has 0 aliphatic carbocycles. The van der Waals surface area contributed by atoms with E-state index in [-0.39, 0.29) is 5.91 Å². The fourth-order valence-corrected chi connectivity index (χ4v) is 3.75. The highest BCUT2D eigenvalue weighted by atomic mass is 16.2. The van der Waals surface area contributed by atoms with Crippen molar-refractivity contribution in [3.05, 3.63) is 126 Å². The second kappa shape index (κ2) is 9.81.